The number of anilines is 1. The summed E-state index contributed by atoms with van der Waals surface area (Å²) in [6.45, 7) is 0.795. The number of nitrogens with one attached hydrogen (secondary N) is 1. The molecule has 0 bridgehead atoms. The van der Waals surface area contributed by atoms with E-state index in [0.29, 0.717) is 19.0 Å². The van der Waals surface area contributed by atoms with Gasteiger partial charge in [-0.2, -0.15) is 18.3 Å². The first-order chi connectivity index (χ1) is 16.6. The highest BCUT2D eigenvalue weighted by Gasteiger charge is 2.48. The minimum absolute atomic E-state index is 0.128. The second-order valence-corrected chi connectivity index (χ2v) is 10.8. The summed E-state index contributed by atoms with van der Waals surface area (Å²) in [5.74, 6) is 0.737. The number of halogens is 4. The van der Waals surface area contributed by atoms with Crippen molar-refractivity contribution in [3.63, 3.8) is 0 Å². The van der Waals surface area contributed by atoms with Crippen molar-refractivity contribution in [2.75, 3.05) is 24.6 Å². The molecular formula is C23H28F4N4O3S. The molecule has 7 nitrogen and oxygen atoms in total. The Morgan fingerprint density at radius 3 is 2.51 bits per heavy atom. The number of sulfonamides is 1. The van der Waals surface area contributed by atoms with Gasteiger partial charge in [0.15, 0.2) is 5.82 Å². The quantitative estimate of drug-likeness (QED) is 0.561. The maximum absolute atomic E-state index is 13.6. The first-order valence-electron chi connectivity index (χ1n) is 11.6. The summed E-state index contributed by atoms with van der Waals surface area (Å²) in [5, 5.41) is 7.88. The number of piperidine rings is 1. The fraction of sp³-hybridized carbons (Fsp3) is 0.565. The average Bonchev–Trinajstić information content (AvgIpc) is 2.83. The molecule has 0 spiro atoms. The molecule has 1 aromatic heterocycles. The van der Waals surface area contributed by atoms with Crippen LogP contribution in [0.3, 0.4) is 0 Å². The number of hydrogen-bond donors (Lipinski definition) is 1. The zero-order valence-electron chi connectivity index (χ0n) is 19.0. The van der Waals surface area contributed by atoms with E-state index in [0.717, 1.165) is 31.2 Å². The Hall–Kier alpha value is -2.31. The average molecular weight is 517 g/mol. The van der Waals surface area contributed by atoms with Gasteiger partial charge in [0.05, 0.1) is 12.1 Å². The van der Waals surface area contributed by atoms with Gasteiger partial charge in [0.25, 0.3) is 0 Å². The molecule has 2 aliphatic rings. The zero-order valence-corrected chi connectivity index (χ0v) is 19.8. The van der Waals surface area contributed by atoms with E-state index in [4.69, 9.17) is 4.74 Å². The Balaban J connectivity index is 1.39. The SMILES string of the molecule is O=S(=O)(N[C@H]1CCN(c2cccnn2)C[C@H]1OCC1CCC(c2cccc(F)c2)CC1)C(F)(F)F. The van der Waals surface area contributed by atoms with Crippen LogP contribution in [0.15, 0.2) is 42.6 Å². The van der Waals surface area contributed by atoms with Gasteiger partial charge in [0.2, 0.25) is 0 Å². The molecule has 192 valence electrons. The van der Waals surface area contributed by atoms with Crippen LogP contribution in [0.4, 0.5) is 23.4 Å². The summed E-state index contributed by atoms with van der Waals surface area (Å²) in [6.07, 6.45) is 4.24. The number of ether oxygens (including phenoxy) is 1. The molecule has 1 saturated heterocycles. The predicted octanol–water partition coefficient (Wildman–Crippen LogP) is 3.99. The van der Waals surface area contributed by atoms with Crippen molar-refractivity contribution in [1.29, 1.82) is 0 Å². The van der Waals surface area contributed by atoms with Crippen molar-refractivity contribution in [3.05, 3.63) is 54.0 Å². The number of rotatable bonds is 7. The number of nitrogens with zero attached hydrogens (tertiary/aromatic N) is 3. The third-order valence-electron chi connectivity index (χ3n) is 6.77. The van der Waals surface area contributed by atoms with Gasteiger partial charge in [0.1, 0.15) is 5.82 Å². The number of alkyl halides is 3. The molecule has 2 heterocycles. The minimum atomic E-state index is -5.50. The third-order valence-corrected chi connectivity index (χ3v) is 7.99. The molecule has 35 heavy (non-hydrogen) atoms. The van der Waals surface area contributed by atoms with Crippen LogP contribution < -0.4 is 9.62 Å². The van der Waals surface area contributed by atoms with Crippen molar-refractivity contribution >= 4 is 15.8 Å². The van der Waals surface area contributed by atoms with E-state index in [2.05, 4.69) is 10.2 Å². The highest BCUT2D eigenvalue weighted by atomic mass is 32.2. The lowest BCUT2D eigenvalue weighted by molar-refractivity contribution is -0.0470. The van der Waals surface area contributed by atoms with Gasteiger partial charge in [-0.25, -0.2) is 17.5 Å². The monoisotopic (exact) mass is 516 g/mol. The van der Waals surface area contributed by atoms with Crippen LogP contribution in [0.25, 0.3) is 0 Å². The summed E-state index contributed by atoms with van der Waals surface area (Å²) in [7, 11) is -5.50. The van der Waals surface area contributed by atoms with E-state index in [1.54, 1.807) is 29.0 Å². The van der Waals surface area contributed by atoms with Crippen molar-refractivity contribution < 1.29 is 30.7 Å². The molecule has 1 N–H and O–H groups in total. The highest BCUT2D eigenvalue weighted by molar-refractivity contribution is 7.90. The van der Waals surface area contributed by atoms with E-state index in [1.807, 2.05) is 11.0 Å². The smallest absolute Gasteiger partial charge is 0.374 e. The molecule has 2 aromatic rings. The maximum atomic E-state index is 13.6. The van der Waals surface area contributed by atoms with Crippen LogP contribution in [0.2, 0.25) is 0 Å². The Labute approximate surface area is 201 Å². The predicted molar refractivity (Wildman–Crippen MR) is 122 cm³/mol. The standard InChI is InChI=1S/C23H28F4N4O3S/c24-19-4-1-3-18(13-19)17-8-6-16(7-9-17)15-34-21-14-31(22-5-2-11-28-29-22)12-10-20(21)30-35(32,33)23(25,26)27/h1-5,11,13,16-17,20-21,30H,6-10,12,14-15H2/t16?,17?,20-,21+/m0/s1. The van der Waals surface area contributed by atoms with Crippen LogP contribution in [0.5, 0.6) is 0 Å². The zero-order chi connectivity index (χ0) is 25.1. The Bertz CT molecular complexity index is 1080. The lowest BCUT2D eigenvalue weighted by Gasteiger charge is -2.40. The molecule has 4 rings (SSSR count). The molecule has 0 amide bonds. The number of benzene rings is 1. The van der Waals surface area contributed by atoms with Crippen LogP contribution in [0, 0.1) is 11.7 Å². The summed E-state index contributed by atoms with van der Waals surface area (Å²) in [5.41, 5.74) is -4.42. The van der Waals surface area contributed by atoms with Gasteiger partial charge in [0, 0.05) is 25.9 Å². The van der Waals surface area contributed by atoms with Crippen LogP contribution in [-0.4, -0.2) is 56.0 Å². The summed E-state index contributed by atoms with van der Waals surface area (Å²) < 4.78 is 83.9. The fourth-order valence-electron chi connectivity index (χ4n) is 4.84. The van der Waals surface area contributed by atoms with Crippen molar-refractivity contribution in [2.45, 2.75) is 55.7 Å². The van der Waals surface area contributed by atoms with Gasteiger partial charge in [-0.1, -0.05) is 12.1 Å². The van der Waals surface area contributed by atoms with E-state index in [1.165, 1.54) is 12.3 Å². The van der Waals surface area contributed by atoms with E-state index in [-0.39, 0.29) is 30.6 Å². The molecular weight excluding hydrogens is 488 g/mol. The first kappa shape index (κ1) is 25.8. The maximum Gasteiger partial charge on any atom is 0.511 e. The van der Waals surface area contributed by atoms with Crippen LogP contribution >= 0.6 is 0 Å². The van der Waals surface area contributed by atoms with Gasteiger partial charge in [-0.3, -0.25) is 0 Å². The molecule has 1 aliphatic carbocycles. The Morgan fingerprint density at radius 1 is 1.09 bits per heavy atom. The summed E-state index contributed by atoms with van der Waals surface area (Å²) >= 11 is 0. The molecule has 1 aromatic carbocycles. The topological polar surface area (TPSA) is 84.4 Å². The molecule has 1 saturated carbocycles. The minimum Gasteiger partial charge on any atom is -0.374 e. The van der Waals surface area contributed by atoms with Crippen molar-refractivity contribution in [1.82, 2.24) is 14.9 Å². The number of hydrogen-bond acceptors (Lipinski definition) is 6. The Kier molecular flexibility index (Phi) is 7.92. The van der Waals surface area contributed by atoms with Gasteiger partial charge < -0.3 is 9.64 Å². The highest BCUT2D eigenvalue weighted by Crippen LogP contribution is 2.36. The second-order valence-electron chi connectivity index (χ2n) is 9.13. The van der Waals surface area contributed by atoms with E-state index in [9.17, 15) is 26.0 Å². The molecule has 0 radical (unpaired) electrons. The largest absolute Gasteiger partial charge is 0.511 e. The first-order valence-corrected chi connectivity index (χ1v) is 13.1. The molecule has 1 aliphatic heterocycles. The van der Waals surface area contributed by atoms with E-state index < -0.39 is 27.7 Å². The summed E-state index contributed by atoms with van der Waals surface area (Å²) in [6, 6.07) is 9.02. The lowest BCUT2D eigenvalue weighted by atomic mass is 9.79. The Morgan fingerprint density at radius 2 is 1.86 bits per heavy atom. The molecule has 12 heteroatoms. The molecule has 2 atom stereocenters. The molecule has 0 unspecified atom stereocenters. The van der Waals surface area contributed by atoms with Crippen molar-refractivity contribution in [3.8, 4) is 0 Å². The van der Waals surface area contributed by atoms with Crippen LogP contribution in [-0.2, 0) is 14.8 Å². The van der Waals surface area contributed by atoms with Crippen molar-refractivity contribution in [2.24, 2.45) is 5.92 Å². The normalized spacial score (nSPS) is 26.0. The number of aromatic nitrogens is 2. The third kappa shape index (κ3) is 6.47. The summed E-state index contributed by atoms with van der Waals surface area (Å²) in [4.78, 5) is 1.83. The fourth-order valence-corrected chi connectivity index (χ4v) is 5.64. The van der Waals surface area contributed by atoms with Crippen LogP contribution in [0.1, 0.15) is 43.6 Å². The van der Waals surface area contributed by atoms with E-state index >= 15 is 0 Å². The van der Waals surface area contributed by atoms with Gasteiger partial charge in [-0.05, 0) is 73.8 Å². The molecule has 2 fully saturated rings. The van der Waals surface area contributed by atoms with Gasteiger partial charge >= 0.3 is 15.5 Å². The lowest BCUT2D eigenvalue weighted by Crippen LogP contribution is -2.57. The second kappa shape index (κ2) is 10.8. The van der Waals surface area contributed by atoms with Gasteiger partial charge in [-0.15, -0.1) is 5.10 Å².